The molecule has 0 amide bonds. The molecule has 0 aliphatic heterocycles. The molecule has 170 valence electrons. The molecule has 14 heteroatoms. The Bertz CT molecular complexity index is 1540. The molecule has 3 heterocycles. The van der Waals surface area contributed by atoms with Gasteiger partial charge in [-0.3, -0.25) is 4.57 Å². The highest BCUT2D eigenvalue weighted by Gasteiger charge is 2.46. The van der Waals surface area contributed by atoms with Gasteiger partial charge in [-0.15, -0.1) is 22.0 Å². The highest BCUT2D eigenvalue weighted by Crippen LogP contribution is 2.39. The fraction of sp³-hybridized carbons (Fsp3) is 0.316. The van der Waals surface area contributed by atoms with Crippen LogP contribution in [0.3, 0.4) is 0 Å². The van der Waals surface area contributed by atoms with Crippen LogP contribution in [-0.2, 0) is 10.0 Å². The second-order valence-electron chi connectivity index (χ2n) is 7.35. The van der Waals surface area contributed by atoms with E-state index < -0.39 is 27.0 Å². The summed E-state index contributed by atoms with van der Waals surface area (Å²) in [6.45, 7) is 1.97. The highest BCUT2D eigenvalue weighted by atomic mass is 32.2. The zero-order valence-corrected chi connectivity index (χ0v) is 19.4. The molecule has 0 unspecified atom stereocenters. The number of aromatic nitrogens is 5. The summed E-state index contributed by atoms with van der Waals surface area (Å²) in [5.74, 6) is 0.736. The molecule has 1 aliphatic carbocycles. The third kappa shape index (κ3) is 3.74. The van der Waals surface area contributed by atoms with Gasteiger partial charge in [0.15, 0.2) is 10.7 Å². The number of benzene rings is 1. The van der Waals surface area contributed by atoms with Gasteiger partial charge < -0.3 is 0 Å². The minimum atomic E-state index is -4.00. The highest BCUT2D eigenvalue weighted by molar-refractivity contribution is 7.99. The van der Waals surface area contributed by atoms with Crippen LogP contribution in [0.2, 0.25) is 0 Å². The Kier molecular flexibility index (Phi) is 5.31. The predicted molar refractivity (Wildman–Crippen MR) is 119 cm³/mol. The van der Waals surface area contributed by atoms with Gasteiger partial charge in [0.25, 0.3) is 6.43 Å². The van der Waals surface area contributed by atoms with Crippen molar-refractivity contribution >= 4 is 55.1 Å². The minimum absolute atomic E-state index is 0.0585. The molecule has 1 saturated carbocycles. The van der Waals surface area contributed by atoms with Crippen LogP contribution in [0, 0.1) is 11.3 Å². The van der Waals surface area contributed by atoms with E-state index in [4.69, 9.17) is 0 Å². The number of sulfonamides is 1. The summed E-state index contributed by atoms with van der Waals surface area (Å²) < 4.78 is 56.3. The van der Waals surface area contributed by atoms with Gasteiger partial charge in [-0.05, 0) is 30.7 Å². The molecular formula is C19H15F2N7O2S3. The van der Waals surface area contributed by atoms with Crippen LogP contribution in [0.15, 0.2) is 34.4 Å². The maximum atomic E-state index is 13.2. The molecule has 1 fully saturated rings. The first kappa shape index (κ1) is 22.1. The van der Waals surface area contributed by atoms with Crippen molar-refractivity contribution in [2.24, 2.45) is 0 Å². The molecule has 0 saturated heterocycles. The first-order valence-electron chi connectivity index (χ1n) is 9.78. The Morgan fingerprint density at radius 2 is 2.12 bits per heavy atom. The predicted octanol–water partition coefficient (Wildman–Crippen LogP) is 3.81. The molecule has 33 heavy (non-hydrogen) atoms. The average molecular weight is 508 g/mol. The van der Waals surface area contributed by atoms with E-state index in [0.29, 0.717) is 51.1 Å². The van der Waals surface area contributed by atoms with Crippen molar-refractivity contribution in [2.75, 3.05) is 5.75 Å². The third-order valence-corrected chi connectivity index (χ3v) is 8.50. The van der Waals surface area contributed by atoms with Gasteiger partial charge >= 0.3 is 0 Å². The van der Waals surface area contributed by atoms with Crippen molar-refractivity contribution in [3.8, 4) is 11.2 Å². The summed E-state index contributed by atoms with van der Waals surface area (Å²) in [5, 5.41) is 18.4. The lowest BCUT2D eigenvalue weighted by molar-refractivity contribution is 0.150. The van der Waals surface area contributed by atoms with E-state index in [9.17, 15) is 22.5 Å². The van der Waals surface area contributed by atoms with Crippen molar-refractivity contribution < 1.29 is 17.2 Å². The summed E-state index contributed by atoms with van der Waals surface area (Å²) >= 11 is 2.18. The first-order valence-corrected chi connectivity index (χ1v) is 13.1. The number of rotatable bonds is 7. The second-order valence-corrected chi connectivity index (χ2v) is 11.3. The number of nitrogens with zero attached hydrogens (tertiary/aromatic N) is 6. The van der Waals surface area contributed by atoms with Gasteiger partial charge in [-0.1, -0.05) is 24.3 Å². The second kappa shape index (κ2) is 7.94. The van der Waals surface area contributed by atoms with E-state index in [1.165, 1.54) is 34.8 Å². The van der Waals surface area contributed by atoms with Crippen molar-refractivity contribution in [3.05, 3.63) is 29.5 Å². The zero-order chi connectivity index (χ0) is 23.4. The molecule has 3 aromatic heterocycles. The number of nitrogens with one attached hydrogen (secondary N) is 1. The van der Waals surface area contributed by atoms with Gasteiger partial charge in [0, 0.05) is 5.39 Å². The van der Waals surface area contributed by atoms with Gasteiger partial charge in [0.2, 0.25) is 15.2 Å². The summed E-state index contributed by atoms with van der Waals surface area (Å²) in [6, 6.07) is 6.51. The summed E-state index contributed by atoms with van der Waals surface area (Å²) in [6.07, 6.45) is -0.529. The molecule has 1 N–H and O–H groups in total. The average Bonchev–Trinajstić information content (AvgIpc) is 3.23. The molecule has 0 radical (unpaired) electrons. The monoisotopic (exact) mass is 507 g/mol. The molecule has 0 spiro atoms. The number of alkyl halides is 2. The Balaban J connectivity index is 1.77. The Labute approximate surface area is 194 Å². The van der Waals surface area contributed by atoms with E-state index >= 15 is 0 Å². The van der Waals surface area contributed by atoms with Crippen LogP contribution in [0.5, 0.6) is 0 Å². The normalized spacial score (nSPS) is 15.4. The third-order valence-electron chi connectivity index (χ3n) is 5.18. The Morgan fingerprint density at radius 3 is 2.76 bits per heavy atom. The quantitative estimate of drug-likeness (QED) is 0.296. The largest absolute Gasteiger partial charge is 0.291 e. The van der Waals surface area contributed by atoms with E-state index in [-0.39, 0.29) is 10.0 Å². The van der Waals surface area contributed by atoms with Crippen LogP contribution in [0.25, 0.3) is 27.1 Å². The molecule has 0 atom stereocenters. The molecule has 9 nitrogen and oxygen atoms in total. The van der Waals surface area contributed by atoms with Gasteiger partial charge in [0.05, 0.1) is 21.9 Å². The molecule has 1 aliphatic rings. The maximum absolute atomic E-state index is 13.2. The van der Waals surface area contributed by atoms with E-state index in [0.717, 1.165) is 5.75 Å². The SMILES string of the molecule is CCSc1ncnc2c1c1ccc(S(=O)(=O)NC3(C#N)CC3)cc1n2-c1nnc(C(F)F)s1. The number of halogens is 2. The van der Waals surface area contributed by atoms with Crippen LogP contribution in [-0.4, -0.2) is 44.4 Å². The van der Waals surface area contributed by atoms with Crippen LogP contribution >= 0.6 is 23.1 Å². The number of nitriles is 1. The van der Waals surface area contributed by atoms with Crippen LogP contribution < -0.4 is 4.72 Å². The lowest BCUT2D eigenvalue weighted by atomic mass is 10.2. The van der Waals surface area contributed by atoms with Gasteiger partial charge in [-0.25, -0.2) is 27.2 Å². The van der Waals surface area contributed by atoms with Crippen molar-refractivity contribution in [3.63, 3.8) is 0 Å². The molecule has 5 rings (SSSR count). The summed E-state index contributed by atoms with van der Waals surface area (Å²) in [5.41, 5.74) is -0.265. The summed E-state index contributed by atoms with van der Waals surface area (Å²) in [7, 11) is -4.00. The molecular weight excluding hydrogens is 492 g/mol. The fourth-order valence-electron chi connectivity index (χ4n) is 3.48. The van der Waals surface area contributed by atoms with Gasteiger partial charge in [0.1, 0.15) is 16.9 Å². The lowest BCUT2D eigenvalue weighted by Crippen LogP contribution is -2.35. The van der Waals surface area contributed by atoms with E-state index in [2.05, 4.69) is 24.9 Å². The number of hydrogen-bond acceptors (Lipinski definition) is 9. The fourth-order valence-corrected chi connectivity index (χ4v) is 6.33. The van der Waals surface area contributed by atoms with Crippen LogP contribution in [0.1, 0.15) is 31.2 Å². The standard InChI is InChI=1S/C19H15F2N7O2S3/c1-2-31-16-13-11-4-3-10(33(29,30)27-19(8-22)5-6-19)7-12(11)28(15(13)23-9-24-16)18-26-25-17(32-18)14(20)21/h3-4,7,9,14,27H,2,5-6H2,1H3. The smallest absolute Gasteiger partial charge is 0.268 e. The number of thioether (sulfide) groups is 1. The molecule has 1 aromatic carbocycles. The van der Waals surface area contributed by atoms with E-state index in [1.54, 1.807) is 6.07 Å². The first-order chi connectivity index (χ1) is 15.8. The Morgan fingerprint density at radius 1 is 1.33 bits per heavy atom. The Hall–Kier alpha value is -2.73. The zero-order valence-electron chi connectivity index (χ0n) is 17.0. The molecule has 4 aromatic rings. The van der Waals surface area contributed by atoms with E-state index in [1.807, 2.05) is 13.0 Å². The minimum Gasteiger partial charge on any atom is -0.268 e. The lowest BCUT2D eigenvalue weighted by Gasteiger charge is -2.10. The van der Waals surface area contributed by atoms with Crippen molar-refractivity contribution in [1.29, 1.82) is 5.26 Å². The molecule has 0 bridgehead atoms. The number of fused-ring (bicyclic) bond motifs is 3. The maximum Gasteiger partial charge on any atom is 0.291 e. The van der Waals surface area contributed by atoms with Crippen molar-refractivity contribution in [1.82, 2.24) is 29.5 Å². The van der Waals surface area contributed by atoms with Crippen LogP contribution in [0.4, 0.5) is 8.78 Å². The van der Waals surface area contributed by atoms with Crippen molar-refractivity contribution in [2.45, 2.75) is 41.7 Å². The topological polar surface area (TPSA) is 126 Å². The summed E-state index contributed by atoms with van der Waals surface area (Å²) in [4.78, 5) is 8.64. The number of hydrogen-bond donors (Lipinski definition) is 1. The van der Waals surface area contributed by atoms with Gasteiger partial charge in [-0.2, -0.15) is 9.98 Å².